The highest BCUT2D eigenvalue weighted by Gasteiger charge is 2.38. The lowest BCUT2D eigenvalue weighted by molar-refractivity contribution is 0.211. The van der Waals surface area contributed by atoms with E-state index < -0.39 is 0 Å². The Bertz CT molecular complexity index is 374. The van der Waals surface area contributed by atoms with Crippen LogP contribution >= 0.6 is 0 Å². The van der Waals surface area contributed by atoms with Gasteiger partial charge in [-0.2, -0.15) is 0 Å². The molecule has 1 heterocycles. The molecule has 19 heavy (non-hydrogen) atoms. The van der Waals surface area contributed by atoms with E-state index in [2.05, 4.69) is 42.2 Å². The average molecular weight is 257 g/mol. The predicted octanol–water partition coefficient (Wildman–Crippen LogP) is 4.13. The molecule has 3 atom stereocenters. The summed E-state index contributed by atoms with van der Waals surface area (Å²) in [6.45, 7) is 5.08. The first-order valence-corrected chi connectivity index (χ1v) is 8.14. The Morgan fingerprint density at radius 1 is 1.11 bits per heavy atom. The normalized spacial score (nSPS) is 28.5. The third-order valence-corrected chi connectivity index (χ3v) is 5.21. The molecule has 2 aliphatic rings. The van der Waals surface area contributed by atoms with Crippen LogP contribution in [0.2, 0.25) is 0 Å². The molecule has 3 unspecified atom stereocenters. The first-order valence-electron chi connectivity index (χ1n) is 8.14. The number of hydrogen-bond acceptors (Lipinski definition) is 1. The maximum absolute atomic E-state index is 2.81. The molecule has 1 aliphatic heterocycles. The lowest BCUT2D eigenvalue weighted by Gasteiger charge is -2.28. The monoisotopic (exact) mass is 257 g/mol. The van der Waals surface area contributed by atoms with Crippen LogP contribution in [-0.2, 0) is 6.42 Å². The summed E-state index contributed by atoms with van der Waals surface area (Å²) in [5, 5.41) is 0. The van der Waals surface area contributed by atoms with E-state index in [9.17, 15) is 0 Å². The van der Waals surface area contributed by atoms with Gasteiger partial charge in [-0.15, -0.1) is 0 Å². The maximum atomic E-state index is 2.81. The molecule has 1 heteroatoms. The van der Waals surface area contributed by atoms with Crippen molar-refractivity contribution in [3.05, 3.63) is 35.9 Å². The maximum Gasteiger partial charge on any atom is 0.0136 e. The molecule has 104 valence electrons. The van der Waals surface area contributed by atoms with E-state index in [0.29, 0.717) is 0 Å². The van der Waals surface area contributed by atoms with Gasteiger partial charge in [-0.3, -0.25) is 4.90 Å². The van der Waals surface area contributed by atoms with Gasteiger partial charge in [0.2, 0.25) is 0 Å². The van der Waals surface area contributed by atoms with E-state index in [4.69, 9.17) is 0 Å². The van der Waals surface area contributed by atoms with Crippen LogP contribution in [0.25, 0.3) is 0 Å². The summed E-state index contributed by atoms with van der Waals surface area (Å²) in [7, 11) is 0. The molecule has 0 N–H and O–H groups in total. The van der Waals surface area contributed by atoms with Crippen LogP contribution in [0.1, 0.15) is 44.6 Å². The largest absolute Gasteiger partial charge is 0.299 e. The fraction of sp³-hybridized carbons (Fsp3) is 0.667. The second kappa shape index (κ2) is 6.09. The summed E-state index contributed by atoms with van der Waals surface area (Å²) in [5.74, 6) is 2.05. The van der Waals surface area contributed by atoms with Crippen molar-refractivity contribution in [3.63, 3.8) is 0 Å². The van der Waals surface area contributed by atoms with Gasteiger partial charge in [0.1, 0.15) is 0 Å². The highest BCUT2D eigenvalue weighted by molar-refractivity contribution is 5.16. The topological polar surface area (TPSA) is 3.24 Å². The van der Waals surface area contributed by atoms with Gasteiger partial charge in [0, 0.05) is 19.1 Å². The van der Waals surface area contributed by atoms with E-state index in [1.165, 1.54) is 57.2 Å². The van der Waals surface area contributed by atoms with Crippen molar-refractivity contribution in [2.24, 2.45) is 11.8 Å². The second-order valence-corrected chi connectivity index (χ2v) is 6.54. The smallest absolute Gasteiger partial charge is 0.0136 e. The summed E-state index contributed by atoms with van der Waals surface area (Å²) in [6, 6.07) is 11.8. The third-order valence-electron chi connectivity index (χ3n) is 5.21. The van der Waals surface area contributed by atoms with Crippen molar-refractivity contribution in [3.8, 4) is 0 Å². The molecule has 1 aromatic carbocycles. The van der Waals surface area contributed by atoms with Gasteiger partial charge in [0.15, 0.2) is 0 Å². The molecule has 0 amide bonds. The minimum Gasteiger partial charge on any atom is -0.299 e. The van der Waals surface area contributed by atoms with Crippen LogP contribution in [0.4, 0.5) is 0 Å². The molecule has 0 bridgehead atoms. The average Bonchev–Trinajstić information content (AvgIpc) is 3.00. The molecule has 0 spiro atoms. The molecular formula is C18H27N. The van der Waals surface area contributed by atoms with Crippen LogP contribution < -0.4 is 0 Å². The van der Waals surface area contributed by atoms with E-state index >= 15 is 0 Å². The van der Waals surface area contributed by atoms with Gasteiger partial charge >= 0.3 is 0 Å². The molecule has 1 nitrogen and oxygen atoms in total. The zero-order valence-corrected chi connectivity index (χ0v) is 12.2. The Labute approximate surface area is 118 Å². The number of hydrogen-bond donors (Lipinski definition) is 0. The Hall–Kier alpha value is -0.820. The SMILES string of the molecule is CCCC(Cc1ccccc1)N1CC2CCCC2C1. The van der Waals surface area contributed by atoms with Crippen LogP contribution in [0.15, 0.2) is 30.3 Å². The van der Waals surface area contributed by atoms with E-state index in [0.717, 1.165) is 17.9 Å². The van der Waals surface area contributed by atoms with Crippen molar-refractivity contribution in [1.29, 1.82) is 0 Å². The van der Waals surface area contributed by atoms with Crippen molar-refractivity contribution in [2.75, 3.05) is 13.1 Å². The summed E-state index contributed by atoms with van der Waals surface area (Å²) < 4.78 is 0. The van der Waals surface area contributed by atoms with Crippen LogP contribution in [-0.4, -0.2) is 24.0 Å². The molecule has 1 aliphatic carbocycles. The molecule has 0 radical (unpaired) electrons. The van der Waals surface area contributed by atoms with E-state index in [1.54, 1.807) is 0 Å². The zero-order chi connectivity index (χ0) is 13.1. The summed E-state index contributed by atoms with van der Waals surface area (Å²) in [4.78, 5) is 2.81. The van der Waals surface area contributed by atoms with Crippen LogP contribution in [0.3, 0.4) is 0 Å². The van der Waals surface area contributed by atoms with Crippen molar-refractivity contribution in [2.45, 2.75) is 51.5 Å². The first kappa shape index (κ1) is 13.2. The van der Waals surface area contributed by atoms with Crippen LogP contribution in [0.5, 0.6) is 0 Å². The predicted molar refractivity (Wildman–Crippen MR) is 81.2 cm³/mol. The van der Waals surface area contributed by atoms with Crippen molar-refractivity contribution >= 4 is 0 Å². The van der Waals surface area contributed by atoms with Gasteiger partial charge in [-0.25, -0.2) is 0 Å². The van der Waals surface area contributed by atoms with Gasteiger partial charge in [-0.1, -0.05) is 50.1 Å². The summed E-state index contributed by atoms with van der Waals surface area (Å²) >= 11 is 0. The molecule has 2 fully saturated rings. The van der Waals surface area contributed by atoms with Crippen LogP contribution in [0, 0.1) is 11.8 Å². The second-order valence-electron chi connectivity index (χ2n) is 6.54. The standard InChI is InChI=1S/C18H27N/c1-2-7-18(12-15-8-4-3-5-9-15)19-13-16-10-6-11-17(16)14-19/h3-5,8-9,16-18H,2,6-7,10-14H2,1H3. The minimum atomic E-state index is 0.776. The lowest BCUT2D eigenvalue weighted by atomic mass is 10.0. The Kier molecular flexibility index (Phi) is 4.22. The first-order chi connectivity index (χ1) is 9.36. The molecule has 3 rings (SSSR count). The van der Waals surface area contributed by atoms with Gasteiger partial charge in [0.25, 0.3) is 0 Å². The molecule has 1 saturated carbocycles. The summed E-state index contributed by atoms with van der Waals surface area (Å²) in [5.41, 5.74) is 1.51. The lowest BCUT2D eigenvalue weighted by Crippen LogP contribution is -2.35. The van der Waals surface area contributed by atoms with Crippen molar-refractivity contribution < 1.29 is 0 Å². The number of fused-ring (bicyclic) bond motifs is 1. The molecule has 1 saturated heterocycles. The molecule has 0 aromatic heterocycles. The Balaban J connectivity index is 1.64. The number of nitrogens with zero attached hydrogens (tertiary/aromatic N) is 1. The Morgan fingerprint density at radius 3 is 2.42 bits per heavy atom. The van der Waals surface area contributed by atoms with Gasteiger partial charge < -0.3 is 0 Å². The third kappa shape index (κ3) is 3.02. The molecule has 1 aromatic rings. The van der Waals surface area contributed by atoms with E-state index in [1.807, 2.05) is 0 Å². The van der Waals surface area contributed by atoms with Gasteiger partial charge in [0.05, 0.1) is 0 Å². The number of rotatable bonds is 5. The summed E-state index contributed by atoms with van der Waals surface area (Å²) in [6.07, 6.45) is 8.38. The zero-order valence-electron chi connectivity index (χ0n) is 12.2. The Morgan fingerprint density at radius 2 is 1.79 bits per heavy atom. The van der Waals surface area contributed by atoms with E-state index in [-0.39, 0.29) is 0 Å². The fourth-order valence-electron chi connectivity index (χ4n) is 4.20. The highest BCUT2D eigenvalue weighted by Crippen LogP contribution is 2.39. The minimum absolute atomic E-state index is 0.776. The highest BCUT2D eigenvalue weighted by atomic mass is 15.2. The quantitative estimate of drug-likeness (QED) is 0.766. The number of benzene rings is 1. The molecular weight excluding hydrogens is 230 g/mol. The van der Waals surface area contributed by atoms with Gasteiger partial charge in [-0.05, 0) is 43.1 Å². The van der Waals surface area contributed by atoms with Crippen molar-refractivity contribution in [1.82, 2.24) is 4.90 Å². The fourth-order valence-corrected chi connectivity index (χ4v) is 4.20. The number of likely N-dealkylation sites (tertiary alicyclic amines) is 1.